The first kappa shape index (κ1) is 15.9. The van der Waals surface area contributed by atoms with Crippen LogP contribution in [0, 0.1) is 0 Å². The molecule has 3 rings (SSSR count). The number of pyridine rings is 1. The van der Waals surface area contributed by atoms with Gasteiger partial charge in [0.15, 0.2) is 0 Å². The molecule has 0 unspecified atom stereocenters. The van der Waals surface area contributed by atoms with E-state index >= 15 is 0 Å². The fraction of sp³-hybridized carbons (Fsp3) is 0.211. The molecule has 5 heteroatoms. The monoisotopic (exact) mass is 321 g/mol. The molecule has 1 N–H and O–H groups in total. The van der Waals surface area contributed by atoms with Crippen LogP contribution in [0.5, 0.6) is 0 Å². The van der Waals surface area contributed by atoms with Crippen LogP contribution in [0.4, 0.5) is 10.5 Å². The molecular formula is C19H19N3O2. The second kappa shape index (κ2) is 7.08. The van der Waals surface area contributed by atoms with E-state index in [1.165, 1.54) is 5.56 Å². The van der Waals surface area contributed by atoms with Crippen LogP contribution in [0.2, 0.25) is 0 Å². The minimum Gasteiger partial charge on any atom is -0.302 e. The van der Waals surface area contributed by atoms with Crippen molar-refractivity contribution in [3.05, 3.63) is 65.6 Å². The lowest BCUT2D eigenvalue weighted by atomic mass is 10.1. The van der Waals surface area contributed by atoms with Gasteiger partial charge >= 0.3 is 6.03 Å². The van der Waals surface area contributed by atoms with Gasteiger partial charge in [0, 0.05) is 12.4 Å². The van der Waals surface area contributed by atoms with Crippen molar-refractivity contribution in [3.63, 3.8) is 0 Å². The molecule has 1 aliphatic rings. The Labute approximate surface area is 141 Å². The molecule has 0 spiro atoms. The molecule has 24 heavy (non-hydrogen) atoms. The van der Waals surface area contributed by atoms with Crippen LogP contribution in [-0.2, 0) is 11.2 Å². The molecule has 2 aromatic rings. The van der Waals surface area contributed by atoms with Crippen molar-refractivity contribution in [2.75, 3.05) is 4.90 Å². The molecule has 122 valence electrons. The van der Waals surface area contributed by atoms with Crippen LogP contribution in [0.1, 0.15) is 30.9 Å². The maximum Gasteiger partial charge on any atom is 0.333 e. The summed E-state index contributed by atoms with van der Waals surface area (Å²) in [5, 5.41) is 2.63. The molecule has 1 aromatic carbocycles. The Morgan fingerprint density at radius 2 is 1.79 bits per heavy atom. The zero-order chi connectivity index (χ0) is 16.9. The highest BCUT2D eigenvalue weighted by molar-refractivity contribution is 6.28. The largest absolute Gasteiger partial charge is 0.333 e. The topological polar surface area (TPSA) is 62.3 Å². The molecule has 1 aromatic heterocycles. The Hall–Kier alpha value is -2.95. The highest BCUT2D eigenvalue weighted by atomic mass is 16.2. The Kier molecular flexibility index (Phi) is 4.70. The number of hydrogen-bond donors (Lipinski definition) is 1. The molecule has 5 nitrogen and oxygen atoms in total. The number of carbonyl (C=O) groups is 2. The van der Waals surface area contributed by atoms with E-state index in [0.29, 0.717) is 5.69 Å². The number of carbonyl (C=O) groups excluding carboxylic acids is 2. The van der Waals surface area contributed by atoms with Crippen molar-refractivity contribution >= 4 is 23.7 Å². The number of hydrogen-bond acceptors (Lipinski definition) is 3. The standard InChI is InChI=1S/C19H19N3O2/c1-2-3-4-14-5-7-16(8-6-14)22-18(23)17(21-19(22)24)13-15-9-11-20-12-10-15/h5-13H,2-4H2,1H3,(H,21,24)/b17-13-. The second-order valence-corrected chi connectivity index (χ2v) is 5.68. The van der Waals surface area contributed by atoms with Gasteiger partial charge in [0.1, 0.15) is 5.70 Å². The van der Waals surface area contributed by atoms with Crippen molar-refractivity contribution in [1.82, 2.24) is 10.3 Å². The number of urea groups is 1. The summed E-state index contributed by atoms with van der Waals surface area (Å²) in [5.41, 5.74) is 2.86. The zero-order valence-corrected chi connectivity index (χ0v) is 13.5. The third-order valence-corrected chi connectivity index (χ3v) is 3.91. The summed E-state index contributed by atoms with van der Waals surface area (Å²) in [6.45, 7) is 2.15. The Morgan fingerprint density at radius 3 is 2.46 bits per heavy atom. The molecule has 0 aliphatic carbocycles. The van der Waals surface area contributed by atoms with Crippen molar-refractivity contribution in [2.24, 2.45) is 0 Å². The number of rotatable bonds is 5. The first-order chi connectivity index (χ1) is 11.7. The van der Waals surface area contributed by atoms with Gasteiger partial charge < -0.3 is 5.32 Å². The Bertz CT molecular complexity index is 767. The van der Waals surface area contributed by atoms with Gasteiger partial charge in [-0.3, -0.25) is 9.78 Å². The van der Waals surface area contributed by atoms with Gasteiger partial charge in [-0.25, -0.2) is 9.69 Å². The Morgan fingerprint density at radius 1 is 1.08 bits per heavy atom. The Balaban J connectivity index is 1.80. The van der Waals surface area contributed by atoms with Gasteiger partial charge in [0.2, 0.25) is 0 Å². The van der Waals surface area contributed by atoms with E-state index in [1.54, 1.807) is 30.6 Å². The van der Waals surface area contributed by atoms with Gasteiger partial charge in [-0.2, -0.15) is 0 Å². The number of imide groups is 1. The molecule has 1 saturated heterocycles. The molecular weight excluding hydrogens is 302 g/mol. The quantitative estimate of drug-likeness (QED) is 0.677. The van der Waals surface area contributed by atoms with Gasteiger partial charge in [-0.15, -0.1) is 0 Å². The molecule has 0 saturated carbocycles. The molecule has 0 bridgehead atoms. The van der Waals surface area contributed by atoms with Crippen LogP contribution in [0.15, 0.2) is 54.5 Å². The van der Waals surface area contributed by atoms with Crippen LogP contribution >= 0.6 is 0 Å². The van der Waals surface area contributed by atoms with Gasteiger partial charge in [0.25, 0.3) is 5.91 Å². The van der Waals surface area contributed by atoms with Crippen LogP contribution in [0.25, 0.3) is 6.08 Å². The normalized spacial score (nSPS) is 15.9. The highest BCUT2D eigenvalue weighted by Crippen LogP contribution is 2.23. The summed E-state index contributed by atoms with van der Waals surface area (Å²) in [4.78, 5) is 29.8. The smallest absolute Gasteiger partial charge is 0.302 e. The number of aromatic nitrogens is 1. The summed E-state index contributed by atoms with van der Waals surface area (Å²) in [6.07, 6.45) is 8.20. The maximum atomic E-state index is 12.5. The molecule has 2 heterocycles. The van der Waals surface area contributed by atoms with E-state index in [4.69, 9.17) is 0 Å². The summed E-state index contributed by atoms with van der Waals surface area (Å²) in [6, 6.07) is 10.7. The average molecular weight is 321 g/mol. The molecule has 3 amide bonds. The van der Waals surface area contributed by atoms with E-state index in [0.717, 1.165) is 29.7 Å². The molecule has 1 fully saturated rings. The van der Waals surface area contributed by atoms with E-state index < -0.39 is 6.03 Å². The number of benzene rings is 1. The minimum atomic E-state index is -0.429. The number of aryl methyl sites for hydroxylation is 1. The first-order valence-corrected chi connectivity index (χ1v) is 8.05. The predicted octanol–water partition coefficient (Wildman–Crippen LogP) is 3.52. The van der Waals surface area contributed by atoms with Crippen LogP contribution in [-0.4, -0.2) is 16.9 Å². The second-order valence-electron chi connectivity index (χ2n) is 5.68. The fourth-order valence-electron chi connectivity index (χ4n) is 2.59. The van der Waals surface area contributed by atoms with Gasteiger partial charge in [0.05, 0.1) is 5.69 Å². The first-order valence-electron chi connectivity index (χ1n) is 8.05. The van der Waals surface area contributed by atoms with E-state index in [2.05, 4.69) is 17.2 Å². The lowest BCUT2D eigenvalue weighted by Gasteiger charge is -2.12. The lowest BCUT2D eigenvalue weighted by molar-refractivity contribution is -0.113. The molecule has 0 radical (unpaired) electrons. The zero-order valence-electron chi connectivity index (χ0n) is 13.5. The number of unbranched alkanes of at least 4 members (excludes halogenated alkanes) is 1. The van der Waals surface area contributed by atoms with Gasteiger partial charge in [-0.05, 0) is 54.3 Å². The maximum absolute atomic E-state index is 12.5. The van der Waals surface area contributed by atoms with E-state index in [-0.39, 0.29) is 11.6 Å². The van der Waals surface area contributed by atoms with E-state index in [9.17, 15) is 9.59 Å². The molecule has 0 atom stereocenters. The van der Waals surface area contributed by atoms with Gasteiger partial charge in [-0.1, -0.05) is 25.5 Å². The third-order valence-electron chi connectivity index (χ3n) is 3.91. The lowest BCUT2D eigenvalue weighted by Crippen LogP contribution is -2.30. The highest BCUT2D eigenvalue weighted by Gasteiger charge is 2.34. The summed E-state index contributed by atoms with van der Waals surface area (Å²) < 4.78 is 0. The summed E-state index contributed by atoms with van der Waals surface area (Å²) in [5.74, 6) is -0.349. The predicted molar refractivity (Wildman–Crippen MR) is 93.3 cm³/mol. The van der Waals surface area contributed by atoms with Crippen molar-refractivity contribution in [2.45, 2.75) is 26.2 Å². The van der Waals surface area contributed by atoms with Crippen molar-refractivity contribution in [3.8, 4) is 0 Å². The summed E-state index contributed by atoms with van der Waals surface area (Å²) >= 11 is 0. The van der Waals surface area contributed by atoms with Crippen molar-refractivity contribution in [1.29, 1.82) is 0 Å². The van der Waals surface area contributed by atoms with Crippen LogP contribution < -0.4 is 10.2 Å². The number of amides is 3. The van der Waals surface area contributed by atoms with Crippen molar-refractivity contribution < 1.29 is 9.59 Å². The fourth-order valence-corrected chi connectivity index (χ4v) is 2.59. The number of nitrogens with zero attached hydrogens (tertiary/aromatic N) is 2. The number of nitrogens with one attached hydrogen (secondary N) is 1. The third kappa shape index (κ3) is 3.35. The van der Waals surface area contributed by atoms with E-state index in [1.807, 2.05) is 24.3 Å². The average Bonchev–Trinajstić information content (AvgIpc) is 2.88. The molecule has 1 aliphatic heterocycles. The summed E-state index contributed by atoms with van der Waals surface area (Å²) in [7, 11) is 0. The number of anilines is 1. The SMILES string of the molecule is CCCCc1ccc(N2C(=O)N/C(=C\c3ccncc3)C2=O)cc1. The van der Waals surface area contributed by atoms with Crippen LogP contribution in [0.3, 0.4) is 0 Å². The minimum absolute atomic E-state index is 0.265.